The Kier molecular flexibility index (Phi) is 7.81. The van der Waals surface area contributed by atoms with E-state index in [0.717, 1.165) is 66.8 Å². The molecule has 1 heterocycles. The van der Waals surface area contributed by atoms with Gasteiger partial charge in [-0.3, -0.25) is 0 Å². The molecule has 0 aliphatic heterocycles. The summed E-state index contributed by atoms with van der Waals surface area (Å²) in [5.41, 5.74) is 12.9. The number of oxazole rings is 1. The highest BCUT2D eigenvalue weighted by molar-refractivity contribution is 6.05. The molecule has 0 aliphatic carbocycles. The first-order valence-corrected chi connectivity index (χ1v) is 18.3. The first-order chi connectivity index (χ1) is 26.8. The van der Waals surface area contributed by atoms with Gasteiger partial charge in [-0.1, -0.05) is 140 Å². The van der Waals surface area contributed by atoms with E-state index in [1.54, 1.807) is 0 Å². The zero-order valence-electron chi connectivity index (χ0n) is 29.4. The van der Waals surface area contributed by atoms with Crippen molar-refractivity contribution in [1.82, 2.24) is 4.98 Å². The van der Waals surface area contributed by atoms with Gasteiger partial charge in [-0.2, -0.15) is 0 Å². The van der Waals surface area contributed by atoms with E-state index in [1.807, 2.05) is 30.3 Å². The fraction of sp³-hybridized carbons (Fsp3) is 0. The predicted molar refractivity (Wildman–Crippen MR) is 225 cm³/mol. The van der Waals surface area contributed by atoms with E-state index in [2.05, 4.69) is 181 Å². The number of anilines is 3. The lowest BCUT2D eigenvalue weighted by Crippen LogP contribution is -2.11. The molecule has 254 valence electrons. The normalized spacial score (nSPS) is 11.3. The maximum Gasteiger partial charge on any atom is 0.227 e. The van der Waals surface area contributed by atoms with Gasteiger partial charge in [0.15, 0.2) is 5.58 Å². The largest absolute Gasteiger partial charge is 0.435 e. The second kappa shape index (κ2) is 13.4. The third-order valence-corrected chi connectivity index (χ3v) is 10.3. The molecule has 0 atom stereocenters. The van der Waals surface area contributed by atoms with E-state index in [-0.39, 0.29) is 0 Å². The molecule has 10 rings (SSSR count). The maximum absolute atomic E-state index is 6.36. The Morgan fingerprint density at radius 3 is 1.70 bits per heavy atom. The van der Waals surface area contributed by atoms with Gasteiger partial charge >= 0.3 is 0 Å². The Morgan fingerprint density at radius 2 is 0.963 bits per heavy atom. The van der Waals surface area contributed by atoms with Crippen LogP contribution in [0.4, 0.5) is 17.1 Å². The first-order valence-electron chi connectivity index (χ1n) is 18.3. The van der Waals surface area contributed by atoms with Gasteiger partial charge in [0.05, 0.1) is 5.69 Å². The minimum Gasteiger partial charge on any atom is -0.435 e. The smallest absolute Gasteiger partial charge is 0.227 e. The molecule has 10 aromatic rings. The number of hydrogen-bond acceptors (Lipinski definition) is 3. The van der Waals surface area contributed by atoms with Crippen LogP contribution in [0, 0.1) is 0 Å². The van der Waals surface area contributed by atoms with Gasteiger partial charge in [-0.25, -0.2) is 4.98 Å². The van der Waals surface area contributed by atoms with Gasteiger partial charge in [-0.15, -0.1) is 0 Å². The Labute approximate surface area is 314 Å². The van der Waals surface area contributed by atoms with Crippen molar-refractivity contribution in [2.75, 3.05) is 4.90 Å². The van der Waals surface area contributed by atoms with Crippen LogP contribution in [0.1, 0.15) is 0 Å². The van der Waals surface area contributed by atoms with Crippen LogP contribution in [-0.2, 0) is 0 Å². The van der Waals surface area contributed by atoms with E-state index in [1.165, 1.54) is 21.9 Å². The molecule has 0 amide bonds. The van der Waals surface area contributed by atoms with Gasteiger partial charge in [-0.05, 0) is 111 Å². The number of para-hydroxylation sites is 1. The fourth-order valence-electron chi connectivity index (χ4n) is 7.64. The average Bonchev–Trinajstić information content (AvgIpc) is 3.70. The lowest BCUT2D eigenvalue weighted by Gasteiger charge is -2.29. The van der Waals surface area contributed by atoms with Crippen molar-refractivity contribution in [3.63, 3.8) is 0 Å². The zero-order valence-corrected chi connectivity index (χ0v) is 29.4. The number of fused-ring (bicyclic) bond motifs is 4. The van der Waals surface area contributed by atoms with Crippen molar-refractivity contribution < 1.29 is 4.42 Å². The number of rotatable bonds is 7. The Morgan fingerprint density at radius 1 is 0.370 bits per heavy atom. The number of hydrogen-bond donors (Lipinski definition) is 0. The summed E-state index contributed by atoms with van der Waals surface area (Å²) in [4.78, 5) is 7.20. The van der Waals surface area contributed by atoms with E-state index >= 15 is 0 Å². The molecule has 0 aliphatic rings. The van der Waals surface area contributed by atoms with Crippen molar-refractivity contribution >= 4 is 49.7 Å². The lowest BCUT2D eigenvalue weighted by molar-refractivity contribution is 0.623. The lowest BCUT2D eigenvalue weighted by atomic mass is 9.94. The van der Waals surface area contributed by atoms with Crippen molar-refractivity contribution in [3.05, 3.63) is 206 Å². The third kappa shape index (κ3) is 5.69. The second-order valence-corrected chi connectivity index (χ2v) is 13.6. The molecule has 0 radical (unpaired) electrons. The van der Waals surface area contributed by atoms with Crippen molar-refractivity contribution in [1.29, 1.82) is 0 Å². The molecule has 0 saturated carbocycles. The van der Waals surface area contributed by atoms with E-state index in [0.29, 0.717) is 5.89 Å². The summed E-state index contributed by atoms with van der Waals surface area (Å²) in [5, 5.41) is 4.58. The van der Waals surface area contributed by atoms with Crippen LogP contribution in [-0.4, -0.2) is 4.98 Å². The first kappa shape index (κ1) is 31.5. The van der Waals surface area contributed by atoms with Gasteiger partial charge in [0.1, 0.15) is 5.52 Å². The van der Waals surface area contributed by atoms with Crippen molar-refractivity contribution in [2.24, 2.45) is 0 Å². The number of nitrogens with zero attached hydrogens (tertiary/aromatic N) is 2. The Hall–Kier alpha value is -7.23. The fourth-order valence-corrected chi connectivity index (χ4v) is 7.64. The highest BCUT2D eigenvalue weighted by atomic mass is 16.3. The van der Waals surface area contributed by atoms with E-state index in [9.17, 15) is 0 Å². The van der Waals surface area contributed by atoms with Gasteiger partial charge in [0, 0.05) is 27.9 Å². The molecule has 3 nitrogen and oxygen atoms in total. The number of benzene rings is 9. The van der Waals surface area contributed by atoms with E-state index in [4.69, 9.17) is 9.40 Å². The summed E-state index contributed by atoms with van der Waals surface area (Å²) >= 11 is 0. The summed E-state index contributed by atoms with van der Waals surface area (Å²) in [6.07, 6.45) is 0. The maximum atomic E-state index is 6.36. The molecule has 3 heteroatoms. The molecule has 0 unspecified atom stereocenters. The molecule has 0 saturated heterocycles. The topological polar surface area (TPSA) is 29.3 Å². The van der Waals surface area contributed by atoms with Crippen LogP contribution in [0.3, 0.4) is 0 Å². The monoisotopic (exact) mass is 690 g/mol. The molecule has 0 bridgehead atoms. The predicted octanol–water partition coefficient (Wildman–Crippen LogP) is 14.3. The van der Waals surface area contributed by atoms with Crippen molar-refractivity contribution in [3.8, 4) is 44.8 Å². The van der Waals surface area contributed by atoms with Gasteiger partial charge < -0.3 is 9.32 Å². The quantitative estimate of drug-likeness (QED) is 0.167. The van der Waals surface area contributed by atoms with Crippen LogP contribution < -0.4 is 4.90 Å². The van der Waals surface area contributed by atoms with Crippen molar-refractivity contribution in [2.45, 2.75) is 0 Å². The number of aromatic nitrogens is 1. The Bertz CT molecular complexity index is 2920. The van der Waals surface area contributed by atoms with Crippen LogP contribution >= 0.6 is 0 Å². The summed E-state index contributed by atoms with van der Waals surface area (Å²) in [6, 6.07) is 73.2. The highest BCUT2D eigenvalue weighted by Gasteiger charge is 2.20. The van der Waals surface area contributed by atoms with E-state index < -0.39 is 0 Å². The Balaban J connectivity index is 1.14. The van der Waals surface area contributed by atoms with Crippen LogP contribution in [0.25, 0.3) is 77.5 Å². The third-order valence-electron chi connectivity index (χ3n) is 10.3. The molecule has 9 aromatic carbocycles. The van der Waals surface area contributed by atoms with Gasteiger partial charge in [0.25, 0.3) is 0 Å². The van der Waals surface area contributed by atoms with Crippen LogP contribution in [0.15, 0.2) is 211 Å². The highest BCUT2D eigenvalue weighted by Crippen LogP contribution is 2.45. The summed E-state index contributed by atoms with van der Waals surface area (Å²) in [6.45, 7) is 0. The molecule has 0 spiro atoms. The minimum absolute atomic E-state index is 0.635. The molecular weight excluding hydrogens is 657 g/mol. The van der Waals surface area contributed by atoms with Crippen LogP contribution in [0.2, 0.25) is 0 Å². The summed E-state index contributed by atoms with van der Waals surface area (Å²) in [7, 11) is 0. The summed E-state index contributed by atoms with van der Waals surface area (Å²) in [5.74, 6) is 0.635. The SMILES string of the molecule is c1ccc(-c2nc3ccc4cc(-c5ccc(N(c6ccccc6)c6cc(-c7ccccc7)c7ccccc7c6)c(-c6ccccc6)c5)ccc4c3o2)cc1. The molecule has 54 heavy (non-hydrogen) atoms. The molecule has 0 N–H and O–H groups in total. The average molecular weight is 691 g/mol. The molecule has 0 fully saturated rings. The summed E-state index contributed by atoms with van der Waals surface area (Å²) < 4.78 is 6.36. The van der Waals surface area contributed by atoms with Crippen LogP contribution in [0.5, 0.6) is 0 Å². The zero-order chi connectivity index (χ0) is 35.8. The van der Waals surface area contributed by atoms with Gasteiger partial charge in [0.2, 0.25) is 5.89 Å². The molecular formula is C51H34N2O. The standard InChI is InChI=1S/C51H34N2O/c1-5-15-35(16-6-1)46-34-43(32-40-21-13-14-24-44(40)46)53(42-22-11-4-12-23-42)49-30-27-39(33-47(49)36-17-7-2-8-18-36)38-25-28-45-41(31-38)26-29-48-50(45)54-51(52-48)37-19-9-3-10-20-37/h1-34H. The molecule has 1 aromatic heterocycles. The second-order valence-electron chi connectivity index (χ2n) is 13.6. The minimum atomic E-state index is 0.635.